The van der Waals surface area contributed by atoms with Crippen molar-refractivity contribution in [1.29, 1.82) is 0 Å². The molecule has 0 spiro atoms. The fourth-order valence-corrected chi connectivity index (χ4v) is 2.73. The lowest BCUT2D eigenvalue weighted by Gasteiger charge is -2.16. The van der Waals surface area contributed by atoms with Crippen LogP contribution in [-0.2, 0) is 4.74 Å². The zero-order valence-corrected chi connectivity index (χ0v) is 9.63. The highest BCUT2D eigenvalue weighted by Crippen LogP contribution is 2.27. The quantitative estimate of drug-likeness (QED) is 0.734. The molecule has 0 N–H and O–H groups in total. The number of carbonyl (C=O) groups is 1. The number of carbonyl (C=O) groups excluding carboxylic acids is 1. The van der Waals surface area contributed by atoms with Crippen LogP contribution in [0.5, 0.6) is 0 Å². The molecule has 15 heavy (non-hydrogen) atoms. The van der Waals surface area contributed by atoms with Crippen LogP contribution in [-0.4, -0.2) is 33.1 Å². The second kappa shape index (κ2) is 4.77. The van der Waals surface area contributed by atoms with E-state index in [4.69, 9.17) is 4.74 Å². The van der Waals surface area contributed by atoms with Crippen molar-refractivity contribution in [3.63, 3.8) is 0 Å². The van der Waals surface area contributed by atoms with Crippen molar-refractivity contribution in [3.05, 3.63) is 16.3 Å². The molecule has 2 rings (SSSR count). The number of anilines is 1. The number of ether oxygens (including phenoxy) is 1. The summed E-state index contributed by atoms with van der Waals surface area (Å²) in [6, 6.07) is 1.97. The second-order valence-corrected chi connectivity index (χ2v) is 4.82. The lowest BCUT2D eigenvalue weighted by Crippen LogP contribution is -2.20. The topological polar surface area (TPSA) is 29.5 Å². The van der Waals surface area contributed by atoms with Gasteiger partial charge in [0.2, 0.25) is 0 Å². The van der Waals surface area contributed by atoms with Crippen molar-refractivity contribution in [3.8, 4) is 0 Å². The Labute approximate surface area is 93.7 Å². The summed E-state index contributed by atoms with van der Waals surface area (Å²) in [6.07, 6.45) is 2.09. The van der Waals surface area contributed by atoms with Crippen LogP contribution in [0.4, 0.5) is 5.69 Å². The molecule has 0 saturated carbocycles. The lowest BCUT2D eigenvalue weighted by atomic mass is 10.1. The Bertz CT molecular complexity index is 337. The molecule has 2 heterocycles. The van der Waals surface area contributed by atoms with Crippen LogP contribution < -0.4 is 4.90 Å². The number of nitrogens with zero attached hydrogens (tertiary/aromatic N) is 1. The van der Waals surface area contributed by atoms with Gasteiger partial charge in [0.05, 0.1) is 11.5 Å². The minimum atomic E-state index is 0.634. The number of hydrogen-bond acceptors (Lipinski definition) is 4. The first-order valence-corrected chi connectivity index (χ1v) is 5.99. The third kappa shape index (κ3) is 2.38. The first-order valence-electron chi connectivity index (χ1n) is 5.11. The van der Waals surface area contributed by atoms with Gasteiger partial charge in [0.15, 0.2) is 6.29 Å². The highest BCUT2D eigenvalue weighted by atomic mass is 32.1. The molecule has 1 aliphatic heterocycles. The fraction of sp³-hybridized carbons (Fsp3) is 0.545. The molecule has 0 amide bonds. The molecule has 0 aromatic carbocycles. The molecule has 82 valence electrons. The summed E-state index contributed by atoms with van der Waals surface area (Å²) in [4.78, 5) is 13.7. The normalized spacial score (nSPS) is 20.9. The largest absolute Gasteiger partial charge is 0.384 e. The molecular weight excluding hydrogens is 210 g/mol. The first-order chi connectivity index (χ1) is 7.33. The minimum Gasteiger partial charge on any atom is -0.384 e. The van der Waals surface area contributed by atoms with Crippen molar-refractivity contribution >= 4 is 23.3 Å². The van der Waals surface area contributed by atoms with E-state index >= 15 is 0 Å². The summed E-state index contributed by atoms with van der Waals surface area (Å²) in [5, 5.41) is 2.05. The van der Waals surface area contributed by atoms with Gasteiger partial charge in [-0.15, -0.1) is 11.3 Å². The number of rotatable bonds is 4. The van der Waals surface area contributed by atoms with Gasteiger partial charge in [-0.05, 0) is 12.5 Å². The van der Waals surface area contributed by atoms with E-state index in [1.807, 2.05) is 6.07 Å². The summed E-state index contributed by atoms with van der Waals surface area (Å²) < 4.78 is 5.16. The van der Waals surface area contributed by atoms with Crippen LogP contribution in [0.1, 0.15) is 16.1 Å². The van der Waals surface area contributed by atoms with Crippen LogP contribution >= 0.6 is 11.3 Å². The highest BCUT2D eigenvalue weighted by Gasteiger charge is 2.22. The van der Waals surface area contributed by atoms with Gasteiger partial charge in [-0.1, -0.05) is 0 Å². The molecule has 0 bridgehead atoms. The Morgan fingerprint density at radius 1 is 1.73 bits per heavy atom. The van der Waals surface area contributed by atoms with Gasteiger partial charge in [0, 0.05) is 37.2 Å². The Morgan fingerprint density at radius 2 is 2.60 bits per heavy atom. The summed E-state index contributed by atoms with van der Waals surface area (Å²) in [6.45, 7) is 2.95. The Kier molecular flexibility index (Phi) is 3.38. The van der Waals surface area contributed by atoms with Gasteiger partial charge < -0.3 is 9.64 Å². The second-order valence-electron chi connectivity index (χ2n) is 3.88. The fourth-order valence-electron chi connectivity index (χ4n) is 2.01. The highest BCUT2D eigenvalue weighted by molar-refractivity contribution is 7.12. The maximum atomic E-state index is 10.6. The number of thiophene rings is 1. The van der Waals surface area contributed by atoms with Gasteiger partial charge in [-0.25, -0.2) is 0 Å². The van der Waals surface area contributed by atoms with Crippen molar-refractivity contribution in [2.75, 3.05) is 31.7 Å². The van der Waals surface area contributed by atoms with E-state index in [0.717, 1.165) is 30.9 Å². The van der Waals surface area contributed by atoms with Crippen molar-refractivity contribution in [2.45, 2.75) is 6.42 Å². The van der Waals surface area contributed by atoms with Crippen molar-refractivity contribution in [1.82, 2.24) is 0 Å². The minimum absolute atomic E-state index is 0.634. The SMILES string of the molecule is COCC1CCN(c2csc(C=O)c2)C1. The molecule has 4 heteroatoms. The maximum Gasteiger partial charge on any atom is 0.160 e. The molecule has 1 saturated heterocycles. The predicted molar refractivity (Wildman–Crippen MR) is 61.9 cm³/mol. The van der Waals surface area contributed by atoms with Gasteiger partial charge in [-0.3, -0.25) is 4.79 Å². The predicted octanol–water partition coefficient (Wildman–Crippen LogP) is 2.03. The average Bonchev–Trinajstić information content (AvgIpc) is 2.85. The summed E-state index contributed by atoms with van der Waals surface area (Å²) in [5.74, 6) is 0.634. The van der Waals surface area contributed by atoms with Crippen LogP contribution in [0.3, 0.4) is 0 Å². The summed E-state index contributed by atoms with van der Waals surface area (Å²) >= 11 is 1.51. The van der Waals surface area contributed by atoms with Crippen molar-refractivity contribution in [2.24, 2.45) is 5.92 Å². The Morgan fingerprint density at radius 3 is 3.27 bits per heavy atom. The Hall–Kier alpha value is -0.870. The van der Waals surface area contributed by atoms with Gasteiger partial charge >= 0.3 is 0 Å². The van der Waals surface area contributed by atoms with E-state index < -0.39 is 0 Å². The Balaban J connectivity index is 1.98. The van der Waals surface area contributed by atoms with E-state index in [-0.39, 0.29) is 0 Å². The van der Waals surface area contributed by atoms with Crippen LogP contribution in [0.15, 0.2) is 11.4 Å². The molecule has 0 aliphatic carbocycles. The van der Waals surface area contributed by atoms with Crippen LogP contribution in [0, 0.1) is 5.92 Å². The zero-order valence-electron chi connectivity index (χ0n) is 8.81. The van der Waals surface area contributed by atoms with Crippen LogP contribution in [0.2, 0.25) is 0 Å². The third-order valence-electron chi connectivity index (χ3n) is 2.78. The molecular formula is C11H15NO2S. The molecule has 3 nitrogen and oxygen atoms in total. The van der Waals surface area contributed by atoms with E-state index in [1.165, 1.54) is 23.4 Å². The van der Waals surface area contributed by atoms with Gasteiger partial charge in [-0.2, -0.15) is 0 Å². The number of hydrogen-bond donors (Lipinski definition) is 0. The van der Waals surface area contributed by atoms with Gasteiger partial charge in [0.25, 0.3) is 0 Å². The molecule has 1 aromatic heterocycles. The van der Waals surface area contributed by atoms with E-state index in [2.05, 4.69) is 10.3 Å². The molecule has 0 radical (unpaired) electrons. The third-order valence-corrected chi connectivity index (χ3v) is 3.62. The molecule has 1 atom stereocenters. The number of aldehydes is 1. The lowest BCUT2D eigenvalue weighted by molar-refractivity contribution is 0.112. The molecule has 1 unspecified atom stereocenters. The molecule has 1 aromatic rings. The van der Waals surface area contributed by atoms with E-state index in [1.54, 1.807) is 7.11 Å². The smallest absolute Gasteiger partial charge is 0.160 e. The van der Waals surface area contributed by atoms with Gasteiger partial charge in [0.1, 0.15) is 0 Å². The average molecular weight is 225 g/mol. The first kappa shape index (κ1) is 10.6. The molecule has 1 fully saturated rings. The summed E-state index contributed by atoms with van der Waals surface area (Å²) in [7, 11) is 1.75. The number of methoxy groups -OCH3 is 1. The van der Waals surface area contributed by atoms with E-state index in [0.29, 0.717) is 5.92 Å². The standard InChI is InChI=1S/C11H15NO2S/c1-14-7-9-2-3-12(5-9)10-4-11(6-13)15-8-10/h4,6,8-9H,2-3,5,7H2,1H3. The maximum absolute atomic E-state index is 10.6. The molecule has 1 aliphatic rings. The summed E-state index contributed by atoms with van der Waals surface area (Å²) in [5.41, 5.74) is 1.18. The zero-order chi connectivity index (χ0) is 10.7. The monoisotopic (exact) mass is 225 g/mol. The van der Waals surface area contributed by atoms with E-state index in [9.17, 15) is 4.79 Å². The van der Waals surface area contributed by atoms with Crippen molar-refractivity contribution < 1.29 is 9.53 Å². The van der Waals surface area contributed by atoms with Crippen LogP contribution in [0.25, 0.3) is 0 Å².